The Morgan fingerprint density at radius 1 is 0.929 bits per heavy atom. The normalized spacial score (nSPS) is 10.0. The van der Waals surface area contributed by atoms with Crippen LogP contribution in [0.25, 0.3) is 0 Å². The minimum Gasteiger partial charge on any atom is -0.465 e. The number of methoxy groups -OCH3 is 3. The van der Waals surface area contributed by atoms with E-state index in [0.717, 1.165) is 11.3 Å². The van der Waals surface area contributed by atoms with Gasteiger partial charge < -0.3 is 24.8 Å². The summed E-state index contributed by atoms with van der Waals surface area (Å²) in [6, 6.07) is 6.65. The van der Waals surface area contributed by atoms with E-state index < -0.39 is 17.9 Å². The van der Waals surface area contributed by atoms with E-state index in [9.17, 15) is 14.4 Å². The van der Waals surface area contributed by atoms with Crippen LogP contribution in [0.5, 0.6) is 0 Å². The quantitative estimate of drug-likeness (QED) is 0.427. The molecule has 0 spiro atoms. The second-order valence-electron chi connectivity index (χ2n) is 5.36. The Labute approximate surface area is 170 Å². The van der Waals surface area contributed by atoms with Crippen molar-refractivity contribution >= 4 is 57.3 Å². The summed E-state index contributed by atoms with van der Waals surface area (Å²) in [5.41, 5.74) is 1.31. The van der Waals surface area contributed by atoms with Crippen molar-refractivity contribution in [2.75, 3.05) is 32.0 Å². The van der Waals surface area contributed by atoms with Gasteiger partial charge in [0, 0.05) is 0 Å². The number of hydrogen-bond donors (Lipinski definition) is 2. The van der Waals surface area contributed by atoms with Gasteiger partial charge in [-0.1, -0.05) is 12.1 Å². The molecule has 0 aliphatic rings. The summed E-state index contributed by atoms with van der Waals surface area (Å²) >= 11 is 6.30. The van der Waals surface area contributed by atoms with Crippen LogP contribution < -0.4 is 10.6 Å². The molecule has 148 valence electrons. The van der Waals surface area contributed by atoms with Crippen molar-refractivity contribution < 1.29 is 28.6 Å². The maximum absolute atomic E-state index is 12.2. The Morgan fingerprint density at radius 2 is 1.54 bits per heavy atom. The number of ether oxygens (including phenoxy) is 3. The van der Waals surface area contributed by atoms with Gasteiger partial charge in [0.15, 0.2) is 5.11 Å². The van der Waals surface area contributed by atoms with E-state index >= 15 is 0 Å². The SMILES string of the molecule is COC(=O)c1ccccc1NC(=S)Nc1sc(C(=O)OC)c(C)c1C(=O)OC. The third-order valence-corrected chi connectivity index (χ3v) is 5.11. The molecule has 28 heavy (non-hydrogen) atoms. The lowest BCUT2D eigenvalue weighted by Crippen LogP contribution is -2.21. The van der Waals surface area contributed by atoms with Gasteiger partial charge in [-0.3, -0.25) is 0 Å². The average molecular weight is 422 g/mol. The van der Waals surface area contributed by atoms with Crippen LogP contribution in [0.15, 0.2) is 24.3 Å². The number of nitrogens with one attached hydrogen (secondary N) is 2. The second-order valence-corrected chi connectivity index (χ2v) is 6.79. The molecule has 1 heterocycles. The molecule has 2 rings (SSSR count). The molecular formula is C18H18N2O6S2. The van der Waals surface area contributed by atoms with Crippen LogP contribution in [-0.4, -0.2) is 44.3 Å². The lowest BCUT2D eigenvalue weighted by atomic mass is 10.1. The van der Waals surface area contributed by atoms with Crippen molar-refractivity contribution in [2.24, 2.45) is 0 Å². The standard InChI is InChI=1S/C18H18N2O6S2/c1-9-12(16(22)25-3)14(28-13(9)17(23)26-4)20-18(27)19-11-8-6-5-7-10(11)15(21)24-2/h5-8H,1-4H3,(H2,19,20,27). The average Bonchev–Trinajstić information content (AvgIpc) is 3.02. The Kier molecular flexibility index (Phi) is 7.07. The Bertz CT molecular complexity index is 938. The van der Waals surface area contributed by atoms with Gasteiger partial charge in [0.05, 0.1) is 38.1 Å². The van der Waals surface area contributed by atoms with Crippen molar-refractivity contribution in [3.05, 3.63) is 45.8 Å². The van der Waals surface area contributed by atoms with E-state index in [1.807, 2.05) is 0 Å². The molecule has 0 aliphatic heterocycles. The highest BCUT2D eigenvalue weighted by atomic mass is 32.1. The zero-order valence-electron chi connectivity index (χ0n) is 15.6. The number of thiophene rings is 1. The summed E-state index contributed by atoms with van der Waals surface area (Å²) < 4.78 is 14.3. The Morgan fingerprint density at radius 3 is 2.14 bits per heavy atom. The van der Waals surface area contributed by atoms with E-state index in [2.05, 4.69) is 10.6 Å². The number of benzene rings is 1. The fraction of sp³-hybridized carbons (Fsp3) is 0.222. The van der Waals surface area contributed by atoms with Gasteiger partial charge in [0.1, 0.15) is 9.88 Å². The number of hydrogen-bond acceptors (Lipinski definition) is 8. The molecule has 0 fully saturated rings. The highest BCUT2D eigenvalue weighted by Gasteiger charge is 2.26. The van der Waals surface area contributed by atoms with Gasteiger partial charge in [-0.05, 0) is 36.8 Å². The van der Waals surface area contributed by atoms with Crippen LogP contribution in [0.3, 0.4) is 0 Å². The Balaban J connectivity index is 2.33. The first-order valence-electron chi connectivity index (χ1n) is 7.89. The second kappa shape index (κ2) is 9.29. The molecule has 8 nitrogen and oxygen atoms in total. The fourth-order valence-electron chi connectivity index (χ4n) is 2.37. The maximum Gasteiger partial charge on any atom is 0.348 e. The van der Waals surface area contributed by atoms with Crippen molar-refractivity contribution in [3.8, 4) is 0 Å². The van der Waals surface area contributed by atoms with E-state index in [1.165, 1.54) is 21.3 Å². The third kappa shape index (κ3) is 4.46. The lowest BCUT2D eigenvalue weighted by molar-refractivity contribution is 0.0590. The molecule has 1 aromatic heterocycles. The molecule has 10 heteroatoms. The predicted molar refractivity (Wildman–Crippen MR) is 109 cm³/mol. The number of esters is 3. The smallest absolute Gasteiger partial charge is 0.348 e. The molecule has 0 saturated heterocycles. The topological polar surface area (TPSA) is 103 Å². The molecule has 0 radical (unpaired) electrons. The monoisotopic (exact) mass is 422 g/mol. The van der Waals surface area contributed by atoms with Crippen LogP contribution in [0.1, 0.15) is 36.0 Å². The summed E-state index contributed by atoms with van der Waals surface area (Å²) in [6.45, 7) is 1.61. The first-order valence-corrected chi connectivity index (χ1v) is 9.11. The van der Waals surface area contributed by atoms with E-state index in [4.69, 9.17) is 26.4 Å². The molecule has 1 aromatic carbocycles. The van der Waals surface area contributed by atoms with Gasteiger partial charge in [0.2, 0.25) is 0 Å². The maximum atomic E-state index is 12.2. The zero-order valence-corrected chi connectivity index (χ0v) is 17.2. The molecule has 0 saturated carbocycles. The van der Waals surface area contributed by atoms with E-state index in [1.54, 1.807) is 31.2 Å². The molecule has 0 amide bonds. The van der Waals surface area contributed by atoms with Gasteiger partial charge in [-0.15, -0.1) is 11.3 Å². The first kappa shape index (κ1) is 21.3. The Hall–Kier alpha value is -2.98. The minimum absolute atomic E-state index is 0.110. The van der Waals surface area contributed by atoms with Gasteiger partial charge >= 0.3 is 17.9 Å². The first-order chi connectivity index (χ1) is 13.3. The van der Waals surface area contributed by atoms with E-state index in [0.29, 0.717) is 21.8 Å². The van der Waals surface area contributed by atoms with Crippen LogP contribution in [0.4, 0.5) is 10.7 Å². The van der Waals surface area contributed by atoms with Crippen molar-refractivity contribution in [2.45, 2.75) is 6.92 Å². The van der Waals surface area contributed by atoms with Gasteiger partial charge in [-0.25, -0.2) is 14.4 Å². The summed E-state index contributed by atoms with van der Waals surface area (Å²) in [6.07, 6.45) is 0. The van der Waals surface area contributed by atoms with Crippen LogP contribution in [-0.2, 0) is 14.2 Å². The van der Waals surface area contributed by atoms with Crippen molar-refractivity contribution in [3.63, 3.8) is 0 Å². The fourth-order valence-corrected chi connectivity index (χ4v) is 3.77. The summed E-state index contributed by atoms with van der Waals surface area (Å²) in [7, 11) is 3.77. The molecular weight excluding hydrogens is 404 g/mol. The molecule has 2 N–H and O–H groups in total. The lowest BCUT2D eigenvalue weighted by Gasteiger charge is -2.13. The number of carbonyl (C=O) groups is 3. The number of rotatable bonds is 5. The summed E-state index contributed by atoms with van der Waals surface area (Å²) in [4.78, 5) is 36.2. The summed E-state index contributed by atoms with van der Waals surface area (Å²) in [5, 5.41) is 6.19. The molecule has 2 aromatic rings. The molecule has 0 atom stereocenters. The van der Waals surface area contributed by atoms with Crippen molar-refractivity contribution in [1.29, 1.82) is 0 Å². The highest BCUT2D eigenvalue weighted by Crippen LogP contribution is 2.34. The molecule has 0 unspecified atom stereocenters. The van der Waals surface area contributed by atoms with E-state index in [-0.39, 0.29) is 15.6 Å². The number of anilines is 2. The minimum atomic E-state index is -0.621. The predicted octanol–water partition coefficient (Wildman–Crippen LogP) is 3.23. The van der Waals surface area contributed by atoms with Gasteiger partial charge in [-0.2, -0.15) is 0 Å². The van der Waals surface area contributed by atoms with Gasteiger partial charge in [0.25, 0.3) is 0 Å². The number of thiocarbonyl (C=S) groups is 1. The van der Waals surface area contributed by atoms with Crippen LogP contribution >= 0.6 is 23.6 Å². The highest BCUT2D eigenvalue weighted by molar-refractivity contribution is 7.80. The number of carbonyl (C=O) groups excluding carboxylic acids is 3. The molecule has 0 bridgehead atoms. The number of para-hydroxylation sites is 1. The largest absolute Gasteiger partial charge is 0.465 e. The third-order valence-electron chi connectivity index (χ3n) is 3.71. The van der Waals surface area contributed by atoms with Crippen LogP contribution in [0.2, 0.25) is 0 Å². The summed E-state index contributed by atoms with van der Waals surface area (Å²) in [5.74, 6) is -1.72. The van der Waals surface area contributed by atoms with Crippen molar-refractivity contribution in [1.82, 2.24) is 0 Å². The van der Waals surface area contributed by atoms with Crippen LogP contribution in [0, 0.1) is 6.92 Å². The molecule has 0 aliphatic carbocycles. The zero-order chi connectivity index (χ0) is 20.8.